The zero-order chi connectivity index (χ0) is 18.4. The number of nitrogens with one attached hydrogen (secondary N) is 1. The molecule has 7 heteroatoms. The first-order chi connectivity index (χ1) is 12.5. The quantitative estimate of drug-likeness (QED) is 0.683. The summed E-state index contributed by atoms with van der Waals surface area (Å²) in [4.78, 5) is 18.5. The number of thiophene rings is 1. The van der Waals surface area contributed by atoms with Crippen LogP contribution in [0.5, 0.6) is 5.75 Å². The SMILES string of the molecule is COc1ccc(-n2c(=S)[nH]c3sc4c(c3c2=O)C[C@H](C(C)C)OC4)cc1. The van der Waals surface area contributed by atoms with Crippen molar-refractivity contribution in [3.8, 4) is 11.4 Å². The number of H-pyrrole nitrogens is 1. The molecule has 0 aliphatic carbocycles. The van der Waals surface area contributed by atoms with E-state index in [0.717, 1.165) is 38.5 Å². The van der Waals surface area contributed by atoms with Gasteiger partial charge in [0.2, 0.25) is 0 Å². The molecule has 5 nitrogen and oxygen atoms in total. The molecule has 26 heavy (non-hydrogen) atoms. The molecule has 0 saturated heterocycles. The van der Waals surface area contributed by atoms with Crippen LogP contribution in [0.15, 0.2) is 29.1 Å². The zero-order valence-electron chi connectivity index (χ0n) is 14.9. The molecule has 3 aromatic rings. The summed E-state index contributed by atoms with van der Waals surface area (Å²) in [6.07, 6.45) is 0.896. The monoisotopic (exact) mass is 388 g/mol. The number of fused-ring (bicyclic) bond motifs is 3. The van der Waals surface area contributed by atoms with Crippen molar-refractivity contribution in [2.24, 2.45) is 5.92 Å². The number of aromatic nitrogens is 2. The predicted octanol–water partition coefficient (Wildman–Crippen LogP) is 4.22. The number of nitrogens with zero attached hydrogens (tertiary/aromatic N) is 1. The smallest absolute Gasteiger partial charge is 0.267 e. The van der Waals surface area contributed by atoms with Crippen molar-refractivity contribution in [1.29, 1.82) is 0 Å². The maximum absolute atomic E-state index is 13.3. The summed E-state index contributed by atoms with van der Waals surface area (Å²) in [5.41, 5.74) is 1.76. The fraction of sp³-hybridized carbons (Fsp3) is 0.368. The molecule has 0 unspecified atom stereocenters. The van der Waals surface area contributed by atoms with Gasteiger partial charge < -0.3 is 14.5 Å². The average Bonchev–Trinajstić information content (AvgIpc) is 2.99. The normalized spacial score (nSPS) is 16.8. The van der Waals surface area contributed by atoms with Gasteiger partial charge in [-0.25, -0.2) is 0 Å². The fourth-order valence-electron chi connectivity index (χ4n) is 3.35. The van der Waals surface area contributed by atoms with E-state index in [2.05, 4.69) is 18.8 Å². The van der Waals surface area contributed by atoms with E-state index in [-0.39, 0.29) is 11.7 Å². The largest absolute Gasteiger partial charge is 0.497 e. The number of hydrogen-bond donors (Lipinski definition) is 1. The third kappa shape index (κ3) is 2.80. The maximum Gasteiger partial charge on any atom is 0.267 e. The van der Waals surface area contributed by atoms with Crippen LogP contribution in [0.2, 0.25) is 0 Å². The maximum atomic E-state index is 13.3. The number of rotatable bonds is 3. The molecule has 1 aliphatic rings. The molecule has 0 bridgehead atoms. The van der Waals surface area contributed by atoms with Crippen LogP contribution in [-0.4, -0.2) is 22.8 Å². The molecule has 1 aliphatic heterocycles. The molecule has 1 atom stereocenters. The van der Waals surface area contributed by atoms with E-state index < -0.39 is 0 Å². The van der Waals surface area contributed by atoms with Crippen LogP contribution in [0, 0.1) is 10.7 Å². The van der Waals surface area contributed by atoms with E-state index in [0.29, 0.717) is 17.3 Å². The summed E-state index contributed by atoms with van der Waals surface area (Å²) >= 11 is 7.04. The van der Waals surface area contributed by atoms with Crippen molar-refractivity contribution >= 4 is 33.8 Å². The molecule has 0 spiro atoms. The summed E-state index contributed by atoms with van der Waals surface area (Å²) in [6.45, 7) is 4.85. The van der Waals surface area contributed by atoms with Gasteiger partial charge in [0.15, 0.2) is 4.77 Å². The molecular formula is C19H20N2O3S2. The highest BCUT2D eigenvalue weighted by Crippen LogP contribution is 2.35. The fourth-order valence-corrected chi connectivity index (χ4v) is 4.85. The second-order valence-corrected chi connectivity index (χ2v) is 8.27. The third-order valence-corrected chi connectivity index (χ3v) is 6.24. The van der Waals surface area contributed by atoms with Crippen molar-refractivity contribution in [3.63, 3.8) is 0 Å². The van der Waals surface area contributed by atoms with Crippen LogP contribution in [0.3, 0.4) is 0 Å². The minimum absolute atomic E-state index is 0.0733. The number of aromatic amines is 1. The van der Waals surface area contributed by atoms with Crippen molar-refractivity contribution in [3.05, 3.63) is 49.8 Å². The number of ether oxygens (including phenoxy) is 2. The Labute approximate surface area is 160 Å². The summed E-state index contributed by atoms with van der Waals surface area (Å²) in [6, 6.07) is 7.34. The lowest BCUT2D eigenvalue weighted by Crippen LogP contribution is -2.28. The van der Waals surface area contributed by atoms with E-state index in [1.807, 2.05) is 24.3 Å². The van der Waals surface area contributed by atoms with Crippen LogP contribution in [0.4, 0.5) is 0 Å². The minimum atomic E-state index is -0.0733. The molecular weight excluding hydrogens is 368 g/mol. The Morgan fingerprint density at radius 2 is 2.08 bits per heavy atom. The van der Waals surface area contributed by atoms with Gasteiger partial charge in [-0.2, -0.15) is 0 Å². The van der Waals surface area contributed by atoms with Gasteiger partial charge in [0, 0.05) is 11.3 Å². The van der Waals surface area contributed by atoms with Gasteiger partial charge in [-0.1, -0.05) is 13.8 Å². The van der Waals surface area contributed by atoms with Gasteiger partial charge in [0.25, 0.3) is 5.56 Å². The van der Waals surface area contributed by atoms with E-state index >= 15 is 0 Å². The second-order valence-electron chi connectivity index (χ2n) is 6.77. The van der Waals surface area contributed by atoms with Crippen LogP contribution in [-0.2, 0) is 17.8 Å². The number of methoxy groups -OCH3 is 1. The molecule has 1 aromatic carbocycles. The highest BCUT2D eigenvalue weighted by molar-refractivity contribution is 7.71. The first-order valence-corrected chi connectivity index (χ1v) is 9.77. The van der Waals surface area contributed by atoms with E-state index in [1.165, 1.54) is 0 Å². The van der Waals surface area contributed by atoms with Crippen molar-refractivity contribution in [1.82, 2.24) is 9.55 Å². The van der Waals surface area contributed by atoms with Gasteiger partial charge in [0.1, 0.15) is 10.6 Å². The van der Waals surface area contributed by atoms with E-state index in [4.69, 9.17) is 21.7 Å². The molecule has 1 N–H and O–H groups in total. The Morgan fingerprint density at radius 3 is 2.73 bits per heavy atom. The molecule has 0 amide bonds. The Balaban J connectivity index is 1.92. The standard InChI is InChI=1S/C19H20N2O3S2/c1-10(2)14-8-13-15(9-24-14)26-17-16(13)18(22)21(19(25)20-17)11-4-6-12(23-3)7-5-11/h4-7,10,14H,8-9H2,1-3H3,(H,20,25)/t14-/m1/s1. The average molecular weight is 389 g/mol. The highest BCUT2D eigenvalue weighted by Gasteiger charge is 2.27. The Hall–Kier alpha value is -1.96. The van der Waals surface area contributed by atoms with Gasteiger partial charge >= 0.3 is 0 Å². The van der Waals surface area contributed by atoms with Gasteiger partial charge in [0.05, 0.1) is 30.9 Å². The Morgan fingerprint density at radius 1 is 1.35 bits per heavy atom. The Bertz CT molecular complexity index is 1080. The van der Waals surface area contributed by atoms with E-state index in [1.54, 1.807) is 23.0 Å². The molecule has 2 aromatic heterocycles. The van der Waals surface area contributed by atoms with Crippen LogP contribution >= 0.6 is 23.6 Å². The lowest BCUT2D eigenvalue weighted by atomic mass is 9.96. The van der Waals surface area contributed by atoms with Crippen molar-refractivity contribution < 1.29 is 9.47 Å². The minimum Gasteiger partial charge on any atom is -0.497 e. The number of benzene rings is 1. The summed E-state index contributed by atoms with van der Waals surface area (Å²) in [5, 5.41) is 0.739. The molecule has 4 rings (SSSR count). The van der Waals surface area contributed by atoms with Gasteiger partial charge in [-0.3, -0.25) is 9.36 Å². The molecule has 0 fully saturated rings. The topological polar surface area (TPSA) is 56.2 Å². The molecule has 136 valence electrons. The van der Waals surface area contributed by atoms with Crippen LogP contribution in [0.1, 0.15) is 24.3 Å². The lowest BCUT2D eigenvalue weighted by Gasteiger charge is -2.26. The first kappa shape index (κ1) is 17.5. The lowest BCUT2D eigenvalue weighted by molar-refractivity contribution is 0.00200. The van der Waals surface area contributed by atoms with Crippen LogP contribution < -0.4 is 10.3 Å². The second kappa shape index (κ2) is 6.64. The Kier molecular flexibility index (Phi) is 4.46. The molecule has 0 saturated carbocycles. The summed E-state index contributed by atoms with van der Waals surface area (Å²) < 4.78 is 13.1. The summed E-state index contributed by atoms with van der Waals surface area (Å²) in [5.74, 6) is 1.15. The third-order valence-electron chi connectivity index (χ3n) is 4.84. The van der Waals surface area contributed by atoms with Gasteiger partial charge in [-0.15, -0.1) is 11.3 Å². The zero-order valence-corrected chi connectivity index (χ0v) is 16.5. The highest BCUT2D eigenvalue weighted by atomic mass is 32.1. The number of hydrogen-bond acceptors (Lipinski definition) is 5. The predicted molar refractivity (Wildman–Crippen MR) is 106 cm³/mol. The van der Waals surface area contributed by atoms with Gasteiger partial charge in [-0.05, 0) is 48.0 Å². The van der Waals surface area contributed by atoms with Crippen molar-refractivity contribution in [2.45, 2.75) is 33.0 Å². The molecule has 3 heterocycles. The van der Waals surface area contributed by atoms with Crippen molar-refractivity contribution in [2.75, 3.05) is 7.11 Å². The molecule has 0 radical (unpaired) electrons. The first-order valence-electron chi connectivity index (χ1n) is 8.55. The van der Waals surface area contributed by atoms with Crippen LogP contribution in [0.25, 0.3) is 15.9 Å². The summed E-state index contributed by atoms with van der Waals surface area (Å²) in [7, 11) is 1.62. The van der Waals surface area contributed by atoms with E-state index in [9.17, 15) is 4.79 Å².